The number of hydrogen-bond donors (Lipinski definition) is 1. The molecule has 0 bridgehead atoms. The maximum Gasteiger partial charge on any atom is 0.0681 e. The van der Waals surface area contributed by atoms with Crippen molar-refractivity contribution in [3.63, 3.8) is 0 Å². The van der Waals surface area contributed by atoms with E-state index in [-0.39, 0.29) is 6.61 Å². The van der Waals surface area contributed by atoms with Crippen LogP contribution in [0, 0.1) is 6.42 Å². The van der Waals surface area contributed by atoms with Crippen LogP contribution in [0.2, 0.25) is 0 Å². The van der Waals surface area contributed by atoms with E-state index in [1.165, 1.54) is 5.56 Å². The lowest BCUT2D eigenvalue weighted by molar-refractivity contribution is 0.282. The van der Waals surface area contributed by atoms with Crippen LogP contribution in [-0.2, 0) is 6.61 Å². The Morgan fingerprint density at radius 1 is 1.27 bits per heavy atom. The zero-order chi connectivity index (χ0) is 8.10. The molecule has 59 valence electrons. The van der Waals surface area contributed by atoms with Gasteiger partial charge in [0, 0.05) is 11.8 Å². The van der Waals surface area contributed by atoms with Gasteiger partial charge in [0.05, 0.1) is 6.61 Å². The van der Waals surface area contributed by atoms with Gasteiger partial charge in [-0.15, -0.1) is 0 Å². The Balaban J connectivity index is 2.66. The molecule has 0 aliphatic heterocycles. The fourth-order valence-corrected chi connectivity index (χ4v) is 1.22. The Hall–Kier alpha value is -0.340. The van der Waals surface area contributed by atoms with E-state index in [9.17, 15) is 0 Å². The minimum atomic E-state index is 0.120. The van der Waals surface area contributed by atoms with E-state index in [0.29, 0.717) is 0 Å². The molecule has 0 saturated heterocycles. The Morgan fingerprint density at radius 2 is 1.91 bits per heavy atom. The van der Waals surface area contributed by atoms with E-state index in [1.807, 2.05) is 24.3 Å². The first kappa shape index (κ1) is 8.75. The zero-order valence-corrected chi connectivity index (χ0v) is 7.71. The predicted molar refractivity (Wildman–Crippen MR) is 49.6 cm³/mol. The molecule has 1 rings (SSSR count). The van der Waals surface area contributed by atoms with Crippen LogP contribution in [-0.4, -0.2) is 10.4 Å². The van der Waals surface area contributed by atoms with Gasteiger partial charge in [-0.1, -0.05) is 40.2 Å². The normalized spacial score (nSPS) is 10.0. The summed E-state index contributed by atoms with van der Waals surface area (Å²) < 4.78 is 0. The van der Waals surface area contributed by atoms with Gasteiger partial charge in [0.1, 0.15) is 0 Å². The van der Waals surface area contributed by atoms with Gasteiger partial charge in [0.2, 0.25) is 0 Å². The summed E-state index contributed by atoms with van der Waals surface area (Å²) in [5.41, 5.74) is 2.13. The Bertz CT molecular complexity index is 205. The number of hydrogen-bond acceptors (Lipinski definition) is 1. The van der Waals surface area contributed by atoms with Crippen molar-refractivity contribution in [1.29, 1.82) is 0 Å². The van der Waals surface area contributed by atoms with Crippen molar-refractivity contribution >= 4 is 15.9 Å². The van der Waals surface area contributed by atoms with Crippen LogP contribution in [0.3, 0.4) is 0 Å². The molecule has 2 heteroatoms. The predicted octanol–water partition coefficient (Wildman–Crippen LogP) is 2.13. The highest BCUT2D eigenvalue weighted by molar-refractivity contribution is 9.09. The standard InChI is InChI=1S/C9H10BrO/c10-6-5-8-1-3-9(7-11)4-2-8/h1-5,11H,6-7H2. The fourth-order valence-electron chi connectivity index (χ4n) is 0.848. The van der Waals surface area contributed by atoms with Gasteiger partial charge < -0.3 is 5.11 Å². The van der Waals surface area contributed by atoms with Crippen LogP contribution in [0.15, 0.2) is 24.3 Å². The molecule has 1 N–H and O–H groups in total. The minimum Gasteiger partial charge on any atom is -0.392 e. The molecule has 1 aromatic rings. The van der Waals surface area contributed by atoms with Crippen LogP contribution < -0.4 is 0 Å². The Kier molecular flexibility index (Phi) is 3.60. The molecule has 1 radical (unpaired) electrons. The molecule has 0 aromatic heterocycles. The first-order chi connectivity index (χ1) is 5.36. The molecule has 11 heavy (non-hydrogen) atoms. The summed E-state index contributed by atoms with van der Waals surface area (Å²) in [4.78, 5) is 0. The maximum atomic E-state index is 8.74. The number of aliphatic hydroxyl groups is 1. The maximum absolute atomic E-state index is 8.74. The lowest BCUT2D eigenvalue weighted by Crippen LogP contribution is -1.85. The monoisotopic (exact) mass is 213 g/mol. The molecule has 0 fully saturated rings. The van der Waals surface area contributed by atoms with Gasteiger partial charge >= 0.3 is 0 Å². The second-order valence-electron chi connectivity index (χ2n) is 2.26. The third-order valence-electron chi connectivity index (χ3n) is 1.48. The third kappa shape index (κ3) is 2.64. The Morgan fingerprint density at radius 3 is 2.36 bits per heavy atom. The molecule has 0 unspecified atom stereocenters. The molecule has 0 amide bonds. The van der Waals surface area contributed by atoms with Gasteiger partial charge in [-0.25, -0.2) is 0 Å². The topological polar surface area (TPSA) is 20.2 Å². The lowest BCUT2D eigenvalue weighted by atomic mass is 10.1. The summed E-state index contributed by atoms with van der Waals surface area (Å²) >= 11 is 3.32. The molecular weight excluding hydrogens is 204 g/mol. The van der Waals surface area contributed by atoms with Crippen LogP contribution >= 0.6 is 15.9 Å². The van der Waals surface area contributed by atoms with E-state index in [2.05, 4.69) is 22.4 Å². The average Bonchev–Trinajstić information content (AvgIpc) is 2.07. The van der Waals surface area contributed by atoms with E-state index >= 15 is 0 Å². The van der Waals surface area contributed by atoms with Gasteiger partial charge in [0.25, 0.3) is 0 Å². The number of benzene rings is 1. The smallest absolute Gasteiger partial charge is 0.0681 e. The molecule has 1 aromatic carbocycles. The minimum absolute atomic E-state index is 0.120. The van der Waals surface area contributed by atoms with Gasteiger partial charge in [-0.05, 0) is 11.1 Å². The van der Waals surface area contributed by atoms with Crippen LogP contribution in [0.25, 0.3) is 0 Å². The summed E-state index contributed by atoms with van der Waals surface area (Å²) in [7, 11) is 0. The first-order valence-electron chi connectivity index (χ1n) is 3.46. The SMILES string of the molecule is OCc1ccc([CH]CBr)cc1. The van der Waals surface area contributed by atoms with Crippen molar-refractivity contribution in [2.45, 2.75) is 6.61 Å². The van der Waals surface area contributed by atoms with Gasteiger partial charge in [-0.3, -0.25) is 0 Å². The zero-order valence-electron chi connectivity index (χ0n) is 6.13. The van der Waals surface area contributed by atoms with Crippen molar-refractivity contribution in [1.82, 2.24) is 0 Å². The average molecular weight is 214 g/mol. The largest absolute Gasteiger partial charge is 0.392 e. The number of alkyl halides is 1. The highest BCUT2D eigenvalue weighted by Gasteiger charge is 1.91. The van der Waals surface area contributed by atoms with E-state index in [4.69, 9.17) is 5.11 Å². The molecule has 0 aliphatic rings. The second kappa shape index (κ2) is 4.52. The molecule has 0 aliphatic carbocycles. The number of rotatable bonds is 3. The summed E-state index contributed by atoms with van der Waals surface area (Å²) in [6, 6.07) is 7.84. The molecule has 0 saturated carbocycles. The number of aliphatic hydroxyl groups excluding tert-OH is 1. The van der Waals surface area contributed by atoms with Crippen LogP contribution in [0.1, 0.15) is 11.1 Å². The van der Waals surface area contributed by atoms with Crippen molar-refractivity contribution in [3.05, 3.63) is 41.8 Å². The fraction of sp³-hybridized carbons (Fsp3) is 0.222. The van der Waals surface area contributed by atoms with E-state index < -0.39 is 0 Å². The highest BCUT2D eigenvalue weighted by Crippen LogP contribution is 2.07. The molecule has 0 atom stereocenters. The van der Waals surface area contributed by atoms with Gasteiger partial charge in [0.15, 0.2) is 0 Å². The van der Waals surface area contributed by atoms with Crippen LogP contribution in [0.5, 0.6) is 0 Å². The van der Waals surface area contributed by atoms with Crippen molar-refractivity contribution in [2.24, 2.45) is 0 Å². The first-order valence-corrected chi connectivity index (χ1v) is 4.58. The van der Waals surface area contributed by atoms with Crippen molar-refractivity contribution < 1.29 is 5.11 Å². The van der Waals surface area contributed by atoms with Crippen LogP contribution in [0.4, 0.5) is 0 Å². The summed E-state index contributed by atoms with van der Waals surface area (Å²) in [5, 5.41) is 9.61. The molecule has 0 spiro atoms. The van der Waals surface area contributed by atoms with Gasteiger partial charge in [-0.2, -0.15) is 0 Å². The van der Waals surface area contributed by atoms with E-state index in [0.717, 1.165) is 10.9 Å². The second-order valence-corrected chi connectivity index (χ2v) is 2.91. The molecular formula is C9H10BrO. The van der Waals surface area contributed by atoms with E-state index in [1.54, 1.807) is 0 Å². The summed E-state index contributed by atoms with van der Waals surface area (Å²) in [6.07, 6.45) is 2.07. The molecule has 1 nitrogen and oxygen atoms in total. The number of halogens is 1. The summed E-state index contributed by atoms with van der Waals surface area (Å²) in [6.45, 7) is 0.120. The Labute approximate surface area is 75.2 Å². The van der Waals surface area contributed by atoms with Crippen molar-refractivity contribution in [3.8, 4) is 0 Å². The molecule has 0 heterocycles. The highest BCUT2D eigenvalue weighted by atomic mass is 79.9. The lowest BCUT2D eigenvalue weighted by Gasteiger charge is -1.98. The summed E-state index contributed by atoms with van der Waals surface area (Å²) in [5.74, 6) is 0. The third-order valence-corrected chi connectivity index (χ3v) is 1.80. The van der Waals surface area contributed by atoms with Crippen molar-refractivity contribution in [2.75, 3.05) is 5.33 Å². The quantitative estimate of drug-likeness (QED) is 0.764.